The fourth-order valence-corrected chi connectivity index (χ4v) is 5.90. The van der Waals surface area contributed by atoms with Crippen LogP contribution in [0.4, 0.5) is 0 Å². The van der Waals surface area contributed by atoms with Crippen molar-refractivity contribution in [3.8, 4) is 0 Å². The third-order valence-electron chi connectivity index (χ3n) is 6.95. The number of hydrogen-bond acceptors (Lipinski definition) is 6. The zero-order valence-electron chi connectivity index (χ0n) is 20.2. The Bertz CT molecular complexity index is 960. The number of piperazine rings is 2. The smallest absolute Gasteiger partial charge is 0.237 e. The zero-order valence-corrected chi connectivity index (χ0v) is 21.8. The number of halogens is 1. The van der Waals surface area contributed by atoms with E-state index in [0.717, 1.165) is 36.2 Å². The van der Waals surface area contributed by atoms with Crippen LogP contribution in [-0.2, 0) is 9.59 Å². The van der Waals surface area contributed by atoms with Crippen molar-refractivity contribution in [3.63, 3.8) is 0 Å². The Kier molecular flexibility index (Phi) is 8.24. The standard InChI is InChI=1S/C25H34ClN5O2S/c1-18(2)22-16-30(24(25-27-8-15-34-25)20-4-6-21(26)7-5-20)13-14-31(22)23(33)17-28-9-11-29(12-10-28)19(3)32/h4-8,15,18,22,24H,9-14,16-17H2,1-3H3/t22-,24?/m1/s1. The molecule has 0 radical (unpaired) electrons. The monoisotopic (exact) mass is 503 g/mol. The second-order valence-electron chi connectivity index (χ2n) is 9.50. The predicted molar refractivity (Wildman–Crippen MR) is 136 cm³/mol. The zero-order chi connectivity index (χ0) is 24.2. The molecule has 2 aliphatic heterocycles. The van der Waals surface area contributed by atoms with Crippen LogP contribution in [0.25, 0.3) is 0 Å². The first-order chi connectivity index (χ1) is 16.3. The maximum Gasteiger partial charge on any atom is 0.237 e. The van der Waals surface area contributed by atoms with Gasteiger partial charge in [-0.3, -0.25) is 19.4 Å². The van der Waals surface area contributed by atoms with E-state index in [1.165, 1.54) is 5.56 Å². The van der Waals surface area contributed by atoms with E-state index in [-0.39, 0.29) is 23.9 Å². The van der Waals surface area contributed by atoms with E-state index in [2.05, 4.69) is 45.7 Å². The van der Waals surface area contributed by atoms with Crippen molar-refractivity contribution < 1.29 is 9.59 Å². The van der Waals surface area contributed by atoms with Crippen molar-refractivity contribution in [1.29, 1.82) is 0 Å². The van der Waals surface area contributed by atoms with Gasteiger partial charge in [0.25, 0.3) is 0 Å². The van der Waals surface area contributed by atoms with E-state index in [4.69, 9.17) is 11.6 Å². The molecule has 2 aromatic rings. The summed E-state index contributed by atoms with van der Waals surface area (Å²) in [5.74, 6) is 0.632. The van der Waals surface area contributed by atoms with Crippen LogP contribution in [0.15, 0.2) is 35.8 Å². The van der Waals surface area contributed by atoms with Gasteiger partial charge in [-0.2, -0.15) is 0 Å². The van der Waals surface area contributed by atoms with Gasteiger partial charge in [0.05, 0.1) is 12.6 Å². The summed E-state index contributed by atoms with van der Waals surface area (Å²) in [6.45, 7) is 11.6. The van der Waals surface area contributed by atoms with Gasteiger partial charge in [0.2, 0.25) is 11.8 Å². The molecule has 0 spiro atoms. The van der Waals surface area contributed by atoms with Crippen molar-refractivity contribution in [3.05, 3.63) is 51.4 Å². The Labute approximate surface area is 211 Å². The van der Waals surface area contributed by atoms with Gasteiger partial charge in [-0.25, -0.2) is 4.98 Å². The van der Waals surface area contributed by atoms with E-state index in [9.17, 15) is 9.59 Å². The largest absolute Gasteiger partial charge is 0.340 e. The van der Waals surface area contributed by atoms with Gasteiger partial charge in [-0.05, 0) is 23.6 Å². The number of aromatic nitrogens is 1. The molecule has 1 unspecified atom stereocenters. The average molecular weight is 504 g/mol. The molecule has 34 heavy (non-hydrogen) atoms. The maximum absolute atomic E-state index is 13.4. The van der Waals surface area contributed by atoms with Crippen molar-refractivity contribution in [2.24, 2.45) is 5.92 Å². The van der Waals surface area contributed by atoms with Crippen molar-refractivity contribution in [2.45, 2.75) is 32.9 Å². The molecular weight excluding hydrogens is 470 g/mol. The van der Waals surface area contributed by atoms with Gasteiger partial charge in [0, 0.05) is 75.4 Å². The van der Waals surface area contributed by atoms with E-state index < -0.39 is 0 Å². The quantitative estimate of drug-likeness (QED) is 0.605. The molecule has 3 heterocycles. The average Bonchev–Trinajstić information content (AvgIpc) is 3.35. The summed E-state index contributed by atoms with van der Waals surface area (Å²) in [5, 5.41) is 3.80. The van der Waals surface area contributed by atoms with Gasteiger partial charge < -0.3 is 9.80 Å². The number of thiazole rings is 1. The Morgan fingerprint density at radius 2 is 1.79 bits per heavy atom. The number of hydrogen-bond donors (Lipinski definition) is 0. The van der Waals surface area contributed by atoms with Crippen LogP contribution in [0.3, 0.4) is 0 Å². The SMILES string of the molecule is CC(=O)N1CCN(CC(=O)N2CCN(C(c3ccc(Cl)cc3)c3nccs3)C[C@@H]2C(C)C)CC1. The molecule has 0 bridgehead atoms. The highest BCUT2D eigenvalue weighted by Crippen LogP contribution is 2.33. The van der Waals surface area contributed by atoms with Gasteiger partial charge in [0.15, 0.2) is 0 Å². The van der Waals surface area contributed by atoms with Gasteiger partial charge >= 0.3 is 0 Å². The summed E-state index contributed by atoms with van der Waals surface area (Å²) in [4.78, 5) is 38.2. The molecule has 7 nitrogen and oxygen atoms in total. The Morgan fingerprint density at radius 1 is 1.09 bits per heavy atom. The van der Waals surface area contributed by atoms with Gasteiger partial charge in [-0.1, -0.05) is 37.6 Å². The fraction of sp³-hybridized carbons (Fsp3) is 0.560. The van der Waals surface area contributed by atoms with Crippen molar-refractivity contribution in [2.75, 3.05) is 52.4 Å². The minimum atomic E-state index is 0.0513. The molecule has 0 aliphatic carbocycles. The first kappa shape index (κ1) is 25.1. The number of nitrogens with zero attached hydrogens (tertiary/aromatic N) is 5. The summed E-state index contributed by atoms with van der Waals surface area (Å²) < 4.78 is 0. The van der Waals surface area contributed by atoms with Crippen LogP contribution in [-0.4, -0.2) is 94.8 Å². The van der Waals surface area contributed by atoms with Crippen LogP contribution in [0, 0.1) is 5.92 Å². The Balaban J connectivity index is 1.46. The number of benzene rings is 1. The molecule has 2 atom stereocenters. The number of carbonyl (C=O) groups excluding carboxylic acids is 2. The molecule has 2 aliphatic rings. The number of amides is 2. The molecule has 1 aromatic carbocycles. The molecule has 2 saturated heterocycles. The predicted octanol–water partition coefficient (Wildman–Crippen LogP) is 3.22. The molecule has 0 N–H and O–H groups in total. The maximum atomic E-state index is 13.4. The Morgan fingerprint density at radius 3 is 2.38 bits per heavy atom. The minimum Gasteiger partial charge on any atom is -0.340 e. The number of rotatable bonds is 6. The molecule has 2 amide bonds. The summed E-state index contributed by atoms with van der Waals surface area (Å²) in [5.41, 5.74) is 1.17. The molecule has 0 saturated carbocycles. The first-order valence-electron chi connectivity index (χ1n) is 12.0. The minimum absolute atomic E-state index is 0.0513. The summed E-state index contributed by atoms with van der Waals surface area (Å²) in [7, 11) is 0. The first-order valence-corrected chi connectivity index (χ1v) is 13.3. The molecule has 184 valence electrons. The lowest BCUT2D eigenvalue weighted by Gasteiger charge is -2.46. The highest BCUT2D eigenvalue weighted by Gasteiger charge is 2.37. The van der Waals surface area contributed by atoms with Crippen molar-refractivity contribution >= 4 is 34.8 Å². The molecule has 2 fully saturated rings. The van der Waals surface area contributed by atoms with Gasteiger partial charge in [-0.15, -0.1) is 11.3 Å². The lowest BCUT2D eigenvalue weighted by molar-refractivity contribution is -0.140. The van der Waals surface area contributed by atoms with Crippen LogP contribution in [0.5, 0.6) is 0 Å². The van der Waals surface area contributed by atoms with Crippen molar-refractivity contribution in [1.82, 2.24) is 24.6 Å². The molecule has 9 heteroatoms. The number of carbonyl (C=O) groups is 2. The van der Waals surface area contributed by atoms with Crippen LogP contribution in [0.1, 0.15) is 37.4 Å². The van der Waals surface area contributed by atoms with Crippen LogP contribution < -0.4 is 0 Å². The Hall–Kier alpha value is -2.00. The lowest BCUT2D eigenvalue weighted by Crippen LogP contribution is -2.60. The lowest BCUT2D eigenvalue weighted by atomic mass is 9.96. The second-order valence-corrected chi connectivity index (χ2v) is 10.9. The summed E-state index contributed by atoms with van der Waals surface area (Å²) in [6.07, 6.45) is 1.86. The third-order valence-corrected chi connectivity index (χ3v) is 8.03. The van der Waals surface area contributed by atoms with E-state index in [1.807, 2.05) is 28.6 Å². The highest BCUT2D eigenvalue weighted by atomic mass is 35.5. The van der Waals surface area contributed by atoms with E-state index >= 15 is 0 Å². The van der Waals surface area contributed by atoms with Gasteiger partial charge in [0.1, 0.15) is 5.01 Å². The fourth-order valence-electron chi connectivity index (χ4n) is 4.97. The topological polar surface area (TPSA) is 60.0 Å². The summed E-state index contributed by atoms with van der Waals surface area (Å²) >= 11 is 7.82. The second kappa shape index (κ2) is 11.2. The molecule has 4 rings (SSSR count). The molecular formula is C25H34ClN5O2S. The van der Waals surface area contributed by atoms with Crippen LogP contribution in [0.2, 0.25) is 5.02 Å². The third kappa shape index (κ3) is 5.79. The van der Waals surface area contributed by atoms with E-state index in [1.54, 1.807) is 18.3 Å². The molecule has 1 aromatic heterocycles. The highest BCUT2D eigenvalue weighted by molar-refractivity contribution is 7.09. The summed E-state index contributed by atoms with van der Waals surface area (Å²) in [6, 6.07) is 8.21. The van der Waals surface area contributed by atoms with Crippen LogP contribution >= 0.6 is 22.9 Å². The normalized spacial score (nSPS) is 21.1. The van der Waals surface area contributed by atoms with E-state index in [0.29, 0.717) is 32.1 Å².